The third kappa shape index (κ3) is 1.56. The van der Waals surface area contributed by atoms with Crippen LogP contribution in [0, 0.1) is 0 Å². The first kappa shape index (κ1) is 9.90. The molecule has 2 aromatic carbocycles. The molecule has 3 heteroatoms. The summed E-state index contributed by atoms with van der Waals surface area (Å²) in [6, 6.07) is 13.5. The van der Waals surface area contributed by atoms with Gasteiger partial charge in [-0.1, -0.05) is 24.3 Å². The van der Waals surface area contributed by atoms with E-state index in [2.05, 4.69) is 11.2 Å². The van der Waals surface area contributed by atoms with E-state index in [9.17, 15) is 5.11 Å². The van der Waals surface area contributed by atoms with Gasteiger partial charge in [-0.2, -0.15) is 5.10 Å². The van der Waals surface area contributed by atoms with Crippen LogP contribution in [-0.2, 0) is 7.05 Å². The molecule has 0 atom stereocenters. The van der Waals surface area contributed by atoms with E-state index >= 15 is 0 Å². The molecule has 1 aromatic heterocycles. The van der Waals surface area contributed by atoms with E-state index in [-0.39, 0.29) is 5.75 Å². The molecule has 0 aliphatic rings. The fourth-order valence-electron chi connectivity index (χ4n) is 2.14. The minimum Gasteiger partial charge on any atom is -0.508 e. The van der Waals surface area contributed by atoms with Crippen LogP contribution in [0.2, 0.25) is 0 Å². The zero-order chi connectivity index (χ0) is 11.8. The second-order valence-electron chi connectivity index (χ2n) is 4.05. The number of aromatic nitrogens is 2. The molecule has 0 bridgehead atoms. The van der Waals surface area contributed by atoms with Crippen LogP contribution >= 0.6 is 0 Å². The maximum Gasteiger partial charge on any atom is 0.116 e. The second kappa shape index (κ2) is 3.63. The summed E-state index contributed by atoms with van der Waals surface area (Å²) in [5.74, 6) is 0.278. The molecule has 0 radical (unpaired) electrons. The minimum atomic E-state index is 0.278. The largest absolute Gasteiger partial charge is 0.508 e. The van der Waals surface area contributed by atoms with Crippen molar-refractivity contribution in [3.8, 4) is 17.0 Å². The smallest absolute Gasteiger partial charge is 0.116 e. The zero-order valence-corrected chi connectivity index (χ0v) is 9.46. The highest BCUT2D eigenvalue weighted by Gasteiger charge is 2.08. The van der Waals surface area contributed by atoms with Crippen LogP contribution in [0.1, 0.15) is 0 Å². The summed E-state index contributed by atoms with van der Waals surface area (Å²) in [6.07, 6.45) is 1.76. The molecule has 0 amide bonds. The van der Waals surface area contributed by atoms with Crippen molar-refractivity contribution >= 4 is 10.8 Å². The van der Waals surface area contributed by atoms with Gasteiger partial charge in [-0.3, -0.25) is 4.68 Å². The van der Waals surface area contributed by atoms with Crippen molar-refractivity contribution in [2.45, 2.75) is 0 Å². The van der Waals surface area contributed by atoms with E-state index in [1.165, 1.54) is 0 Å². The first-order valence-electron chi connectivity index (χ1n) is 5.46. The number of aromatic hydroxyl groups is 1. The number of aryl methyl sites for hydroxylation is 1. The van der Waals surface area contributed by atoms with E-state index in [1.807, 2.05) is 31.3 Å². The van der Waals surface area contributed by atoms with Gasteiger partial charge in [0.2, 0.25) is 0 Å². The summed E-state index contributed by atoms with van der Waals surface area (Å²) < 4.78 is 1.81. The van der Waals surface area contributed by atoms with Gasteiger partial charge < -0.3 is 5.11 Å². The van der Waals surface area contributed by atoms with Gasteiger partial charge >= 0.3 is 0 Å². The van der Waals surface area contributed by atoms with Crippen molar-refractivity contribution in [1.82, 2.24) is 9.78 Å². The number of rotatable bonds is 1. The highest BCUT2D eigenvalue weighted by molar-refractivity contribution is 5.97. The first-order chi connectivity index (χ1) is 8.25. The van der Waals surface area contributed by atoms with E-state index in [0.717, 1.165) is 22.0 Å². The number of phenolic OH excluding ortho intramolecular Hbond substituents is 1. The lowest BCUT2D eigenvalue weighted by atomic mass is 10.0. The number of phenols is 1. The topological polar surface area (TPSA) is 38.0 Å². The molecule has 0 spiro atoms. The zero-order valence-electron chi connectivity index (χ0n) is 9.46. The Labute approximate surface area is 98.9 Å². The molecule has 3 aromatic rings. The molecule has 0 aliphatic heterocycles. The SMILES string of the molecule is Cn1nccc1-c1cc(O)cc2ccccc12. The Kier molecular flexibility index (Phi) is 2.11. The van der Waals surface area contributed by atoms with Crippen LogP contribution in [0.25, 0.3) is 22.0 Å². The van der Waals surface area contributed by atoms with Crippen LogP contribution in [0.4, 0.5) is 0 Å². The van der Waals surface area contributed by atoms with E-state index < -0.39 is 0 Å². The van der Waals surface area contributed by atoms with Crippen LogP contribution in [0.15, 0.2) is 48.7 Å². The summed E-state index contributed by atoms with van der Waals surface area (Å²) in [5, 5.41) is 16.1. The number of benzene rings is 2. The molecule has 0 unspecified atom stereocenters. The monoisotopic (exact) mass is 224 g/mol. The lowest BCUT2D eigenvalue weighted by molar-refractivity contribution is 0.476. The average Bonchev–Trinajstić information content (AvgIpc) is 2.74. The van der Waals surface area contributed by atoms with Crippen molar-refractivity contribution in [2.24, 2.45) is 7.05 Å². The van der Waals surface area contributed by atoms with Crippen LogP contribution in [-0.4, -0.2) is 14.9 Å². The number of hydrogen-bond acceptors (Lipinski definition) is 2. The van der Waals surface area contributed by atoms with Crippen LogP contribution in [0.5, 0.6) is 5.75 Å². The fraction of sp³-hybridized carbons (Fsp3) is 0.0714. The average molecular weight is 224 g/mol. The Morgan fingerprint density at radius 2 is 1.94 bits per heavy atom. The fourth-order valence-corrected chi connectivity index (χ4v) is 2.14. The lowest BCUT2D eigenvalue weighted by Crippen LogP contribution is -1.93. The number of hydrogen-bond donors (Lipinski definition) is 1. The number of fused-ring (bicyclic) bond motifs is 1. The summed E-state index contributed by atoms with van der Waals surface area (Å²) in [7, 11) is 1.90. The molecule has 17 heavy (non-hydrogen) atoms. The predicted molar refractivity (Wildman–Crippen MR) is 67.8 cm³/mol. The maximum absolute atomic E-state index is 9.77. The molecule has 0 fully saturated rings. The maximum atomic E-state index is 9.77. The Morgan fingerprint density at radius 1 is 1.12 bits per heavy atom. The van der Waals surface area contributed by atoms with Gasteiger partial charge in [0.05, 0.1) is 5.69 Å². The third-order valence-electron chi connectivity index (χ3n) is 2.94. The van der Waals surface area contributed by atoms with Gasteiger partial charge in [0.1, 0.15) is 5.75 Å². The Morgan fingerprint density at radius 3 is 2.71 bits per heavy atom. The van der Waals surface area contributed by atoms with Crippen LogP contribution in [0.3, 0.4) is 0 Å². The molecular weight excluding hydrogens is 212 g/mol. The molecule has 1 heterocycles. The Hall–Kier alpha value is -2.29. The summed E-state index contributed by atoms with van der Waals surface area (Å²) >= 11 is 0. The summed E-state index contributed by atoms with van der Waals surface area (Å²) in [4.78, 5) is 0. The van der Waals surface area contributed by atoms with Crippen molar-refractivity contribution < 1.29 is 5.11 Å². The molecule has 1 N–H and O–H groups in total. The summed E-state index contributed by atoms with van der Waals surface area (Å²) in [5.41, 5.74) is 2.00. The Balaban J connectivity index is 2.39. The van der Waals surface area contributed by atoms with Crippen molar-refractivity contribution in [3.63, 3.8) is 0 Å². The standard InChI is InChI=1S/C14H12N2O/c1-16-14(6-7-15-16)13-9-11(17)8-10-4-2-3-5-12(10)13/h2-9,17H,1H3. The molecule has 3 rings (SSSR count). The Bertz CT molecular complexity index is 686. The minimum absolute atomic E-state index is 0.278. The molecule has 3 nitrogen and oxygen atoms in total. The van der Waals surface area contributed by atoms with Gasteiger partial charge in [0.15, 0.2) is 0 Å². The lowest BCUT2D eigenvalue weighted by Gasteiger charge is -2.08. The van der Waals surface area contributed by atoms with Gasteiger partial charge in [-0.25, -0.2) is 0 Å². The van der Waals surface area contributed by atoms with Crippen molar-refractivity contribution in [3.05, 3.63) is 48.7 Å². The van der Waals surface area contributed by atoms with Crippen molar-refractivity contribution in [1.29, 1.82) is 0 Å². The van der Waals surface area contributed by atoms with E-state index in [0.29, 0.717) is 0 Å². The number of nitrogens with zero attached hydrogens (tertiary/aromatic N) is 2. The first-order valence-corrected chi connectivity index (χ1v) is 5.46. The highest BCUT2D eigenvalue weighted by atomic mass is 16.3. The normalized spacial score (nSPS) is 10.9. The van der Waals surface area contributed by atoms with Gasteiger partial charge in [-0.05, 0) is 29.0 Å². The summed E-state index contributed by atoms with van der Waals surface area (Å²) in [6.45, 7) is 0. The second-order valence-corrected chi connectivity index (χ2v) is 4.05. The molecule has 0 saturated carbocycles. The molecule has 0 saturated heterocycles. The van der Waals surface area contributed by atoms with Crippen molar-refractivity contribution in [2.75, 3.05) is 0 Å². The van der Waals surface area contributed by atoms with E-state index in [1.54, 1.807) is 23.0 Å². The van der Waals surface area contributed by atoms with Gasteiger partial charge in [0.25, 0.3) is 0 Å². The molecule has 84 valence electrons. The van der Waals surface area contributed by atoms with Crippen LogP contribution < -0.4 is 0 Å². The van der Waals surface area contributed by atoms with Gasteiger partial charge in [-0.15, -0.1) is 0 Å². The van der Waals surface area contributed by atoms with E-state index in [4.69, 9.17) is 0 Å². The highest BCUT2D eigenvalue weighted by Crippen LogP contribution is 2.31. The molecule has 0 aliphatic carbocycles. The molecular formula is C14H12N2O. The van der Waals surface area contributed by atoms with Gasteiger partial charge in [0, 0.05) is 18.8 Å². The third-order valence-corrected chi connectivity index (χ3v) is 2.94. The quantitative estimate of drug-likeness (QED) is 0.690. The predicted octanol–water partition coefficient (Wildman–Crippen LogP) is 2.95.